The monoisotopic (exact) mass is 114 g/mol. The van der Waals surface area contributed by atoms with Gasteiger partial charge in [0.15, 0.2) is 0 Å². The van der Waals surface area contributed by atoms with E-state index in [4.69, 9.17) is 10.4 Å². The van der Waals surface area contributed by atoms with E-state index in [0.29, 0.717) is 0 Å². The molecule has 0 aromatic carbocycles. The SMILES string of the molecule is C1CCNC1.N#CO. The summed E-state index contributed by atoms with van der Waals surface area (Å²) >= 11 is 0. The van der Waals surface area contributed by atoms with Crippen molar-refractivity contribution in [2.75, 3.05) is 13.1 Å². The molecule has 3 nitrogen and oxygen atoms in total. The molecule has 8 heavy (non-hydrogen) atoms. The topological polar surface area (TPSA) is 56.0 Å². The van der Waals surface area contributed by atoms with Crippen molar-refractivity contribution in [2.24, 2.45) is 0 Å². The molecule has 3 heteroatoms. The van der Waals surface area contributed by atoms with Gasteiger partial charge in [-0.2, -0.15) is 5.26 Å². The number of aliphatic hydroxyl groups is 1. The largest absolute Gasteiger partial charge is 0.443 e. The Morgan fingerprint density at radius 3 is 1.88 bits per heavy atom. The van der Waals surface area contributed by atoms with Crippen molar-refractivity contribution in [3.63, 3.8) is 0 Å². The Bertz CT molecular complexity index is 65.4. The maximum Gasteiger partial charge on any atom is 0.283 e. The molecule has 0 aliphatic carbocycles. The molecular weight excluding hydrogens is 104 g/mol. The lowest BCUT2D eigenvalue weighted by molar-refractivity contribution is 0.503. The minimum atomic E-state index is 0.750. The van der Waals surface area contributed by atoms with Gasteiger partial charge in [-0.1, -0.05) is 0 Å². The van der Waals surface area contributed by atoms with Crippen LogP contribution in [0.2, 0.25) is 0 Å². The lowest BCUT2D eigenvalue weighted by Crippen LogP contribution is -2.03. The highest BCUT2D eigenvalue weighted by Gasteiger charge is 1.93. The second-order valence-corrected chi connectivity index (χ2v) is 1.56. The third-order valence-corrected chi connectivity index (χ3v) is 0.957. The van der Waals surface area contributed by atoms with Crippen LogP contribution in [0.1, 0.15) is 12.8 Å². The van der Waals surface area contributed by atoms with E-state index in [0.717, 1.165) is 6.26 Å². The third-order valence-electron chi connectivity index (χ3n) is 0.957. The quantitative estimate of drug-likeness (QED) is 0.442. The number of rotatable bonds is 0. The second kappa shape index (κ2) is 6.25. The molecule has 0 radical (unpaired) electrons. The first-order valence-electron chi connectivity index (χ1n) is 2.65. The van der Waals surface area contributed by atoms with Crippen molar-refractivity contribution in [2.45, 2.75) is 12.8 Å². The summed E-state index contributed by atoms with van der Waals surface area (Å²) < 4.78 is 0. The Kier molecular flexibility index (Phi) is 5.66. The van der Waals surface area contributed by atoms with E-state index < -0.39 is 0 Å². The molecule has 1 heterocycles. The van der Waals surface area contributed by atoms with Gasteiger partial charge in [-0.25, -0.2) is 0 Å². The van der Waals surface area contributed by atoms with Crippen LogP contribution in [0.25, 0.3) is 0 Å². The van der Waals surface area contributed by atoms with Gasteiger partial charge >= 0.3 is 0 Å². The number of hydrogen-bond acceptors (Lipinski definition) is 3. The van der Waals surface area contributed by atoms with Crippen molar-refractivity contribution < 1.29 is 5.11 Å². The predicted octanol–water partition coefficient (Wildman–Crippen LogP) is 0.210. The number of hydrogen-bond donors (Lipinski definition) is 2. The van der Waals surface area contributed by atoms with E-state index >= 15 is 0 Å². The van der Waals surface area contributed by atoms with Gasteiger partial charge in [0, 0.05) is 0 Å². The van der Waals surface area contributed by atoms with Crippen LogP contribution < -0.4 is 5.32 Å². The van der Waals surface area contributed by atoms with Gasteiger partial charge in [0.25, 0.3) is 6.26 Å². The predicted molar refractivity (Wildman–Crippen MR) is 29.7 cm³/mol. The summed E-state index contributed by atoms with van der Waals surface area (Å²) in [6.45, 7) is 2.50. The molecule has 0 bridgehead atoms. The molecule has 2 N–H and O–H groups in total. The van der Waals surface area contributed by atoms with Crippen LogP contribution >= 0.6 is 0 Å². The van der Waals surface area contributed by atoms with Crippen molar-refractivity contribution in [1.29, 1.82) is 5.26 Å². The van der Waals surface area contributed by atoms with Crippen LogP contribution in [0.3, 0.4) is 0 Å². The van der Waals surface area contributed by atoms with Crippen molar-refractivity contribution in [3.8, 4) is 6.26 Å². The molecule has 0 aromatic rings. The first-order valence-corrected chi connectivity index (χ1v) is 2.65. The van der Waals surface area contributed by atoms with E-state index in [1.54, 1.807) is 0 Å². The van der Waals surface area contributed by atoms with Gasteiger partial charge in [-0.15, -0.1) is 0 Å². The molecule has 0 amide bonds. The molecular formula is C5H10N2O. The average molecular weight is 114 g/mol. The first-order chi connectivity index (χ1) is 3.91. The molecule has 0 saturated carbocycles. The zero-order chi connectivity index (χ0) is 6.24. The first kappa shape index (κ1) is 7.25. The van der Waals surface area contributed by atoms with Crippen LogP contribution in [0.5, 0.6) is 0 Å². The van der Waals surface area contributed by atoms with Crippen LogP contribution in [0.15, 0.2) is 0 Å². The molecule has 0 unspecified atom stereocenters. The highest BCUT2D eigenvalue weighted by molar-refractivity contribution is 4.55. The number of nitrogens with zero attached hydrogens (tertiary/aromatic N) is 1. The summed E-state index contributed by atoms with van der Waals surface area (Å²) in [5.41, 5.74) is 0. The Hall–Kier alpha value is -0.750. The van der Waals surface area contributed by atoms with Gasteiger partial charge in [-0.05, 0) is 25.9 Å². The zero-order valence-corrected chi connectivity index (χ0v) is 4.72. The molecule has 1 saturated heterocycles. The molecule has 1 fully saturated rings. The average Bonchev–Trinajstić information content (AvgIpc) is 2.17. The van der Waals surface area contributed by atoms with Gasteiger partial charge in [0.05, 0.1) is 0 Å². The van der Waals surface area contributed by atoms with Gasteiger partial charge < -0.3 is 10.4 Å². The zero-order valence-electron chi connectivity index (χ0n) is 4.72. The Balaban J connectivity index is 0.000000145. The molecule has 46 valence electrons. The van der Waals surface area contributed by atoms with Crippen LogP contribution in [0.4, 0.5) is 0 Å². The smallest absolute Gasteiger partial charge is 0.283 e. The minimum Gasteiger partial charge on any atom is -0.443 e. The Labute approximate surface area is 48.9 Å². The number of nitriles is 1. The van der Waals surface area contributed by atoms with Crippen LogP contribution in [-0.2, 0) is 0 Å². The van der Waals surface area contributed by atoms with Crippen LogP contribution in [-0.4, -0.2) is 18.2 Å². The summed E-state index contributed by atoms with van der Waals surface area (Å²) in [7, 11) is 0. The maximum absolute atomic E-state index is 6.88. The van der Waals surface area contributed by atoms with E-state index in [1.807, 2.05) is 0 Å². The molecule has 0 spiro atoms. The lowest BCUT2D eigenvalue weighted by atomic mass is 10.4. The van der Waals surface area contributed by atoms with Gasteiger partial charge in [-0.3, -0.25) is 0 Å². The molecule has 1 aliphatic heterocycles. The molecule has 1 rings (SSSR count). The fourth-order valence-electron chi connectivity index (χ4n) is 0.625. The highest BCUT2D eigenvalue weighted by atomic mass is 16.2. The fourth-order valence-corrected chi connectivity index (χ4v) is 0.625. The number of aliphatic hydroxyl groups excluding tert-OH is 1. The van der Waals surface area contributed by atoms with E-state index in [1.165, 1.54) is 25.9 Å². The standard InChI is InChI=1S/C4H9N.CHNO/c1-2-4-5-3-1;2-1-3/h5H,1-4H2;3H. The normalized spacial score (nSPS) is 15.9. The van der Waals surface area contributed by atoms with Gasteiger partial charge in [0.2, 0.25) is 0 Å². The number of nitrogens with one attached hydrogen (secondary N) is 1. The third kappa shape index (κ3) is 5.25. The molecule has 0 aromatic heterocycles. The lowest BCUT2D eigenvalue weighted by Gasteiger charge is -1.76. The summed E-state index contributed by atoms with van der Waals surface area (Å²) in [5.74, 6) is 0. The summed E-state index contributed by atoms with van der Waals surface area (Å²) in [6.07, 6.45) is 3.53. The van der Waals surface area contributed by atoms with Gasteiger partial charge in [0.1, 0.15) is 0 Å². The summed E-state index contributed by atoms with van der Waals surface area (Å²) in [6, 6.07) is 0. The maximum atomic E-state index is 6.88. The van der Waals surface area contributed by atoms with E-state index in [2.05, 4.69) is 5.32 Å². The van der Waals surface area contributed by atoms with Crippen molar-refractivity contribution >= 4 is 0 Å². The minimum absolute atomic E-state index is 0.750. The molecule has 1 aliphatic rings. The summed E-state index contributed by atoms with van der Waals surface area (Å²) in [4.78, 5) is 0. The fraction of sp³-hybridized carbons (Fsp3) is 0.800. The Morgan fingerprint density at radius 2 is 1.75 bits per heavy atom. The van der Waals surface area contributed by atoms with E-state index in [-0.39, 0.29) is 0 Å². The summed E-state index contributed by atoms with van der Waals surface area (Å²) in [5, 5.41) is 17.0. The van der Waals surface area contributed by atoms with E-state index in [9.17, 15) is 0 Å². The molecule has 0 atom stereocenters. The van der Waals surface area contributed by atoms with Crippen molar-refractivity contribution in [1.82, 2.24) is 5.32 Å². The Morgan fingerprint density at radius 1 is 1.38 bits per heavy atom. The van der Waals surface area contributed by atoms with Crippen LogP contribution in [0, 0.1) is 11.5 Å². The highest BCUT2D eigenvalue weighted by Crippen LogP contribution is 1.90. The van der Waals surface area contributed by atoms with Crippen molar-refractivity contribution in [3.05, 3.63) is 0 Å². The second-order valence-electron chi connectivity index (χ2n) is 1.56.